The molecular weight excluding hydrogens is 212 g/mol. The second kappa shape index (κ2) is 6.00. The summed E-state index contributed by atoms with van der Waals surface area (Å²) < 4.78 is 4.54. The minimum atomic E-state index is -0.206. The van der Waals surface area contributed by atoms with Gasteiger partial charge in [-0.3, -0.25) is 9.79 Å². The Labute approximate surface area is 94.9 Å². The van der Waals surface area contributed by atoms with Gasteiger partial charge in [-0.05, 0) is 5.92 Å². The van der Waals surface area contributed by atoms with E-state index in [9.17, 15) is 4.79 Å². The van der Waals surface area contributed by atoms with Crippen molar-refractivity contribution < 1.29 is 9.53 Å². The summed E-state index contributed by atoms with van der Waals surface area (Å²) in [6.45, 7) is 4.89. The second-order valence-electron chi connectivity index (χ2n) is 3.82. The van der Waals surface area contributed by atoms with Crippen LogP contribution in [0.4, 0.5) is 0 Å². The van der Waals surface area contributed by atoms with Gasteiger partial charge in [0.1, 0.15) is 0 Å². The van der Waals surface area contributed by atoms with Crippen LogP contribution in [0.1, 0.15) is 20.3 Å². The normalized spacial score (nSPS) is 23.2. The van der Waals surface area contributed by atoms with Crippen LogP contribution in [0.25, 0.3) is 0 Å². The average Bonchev–Trinajstić information content (AvgIpc) is 2.66. The Balaban J connectivity index is 2.27. The zero-order valence-electron chi connectivity index (χ0n) is 9.45. The lowest BCUT2D eigenvalue weighted by Crippen LogP contribution is -2.31. The Morgan fingerprint density at radius 3 is 3.00 bits per heavy atom. The molecule has 1 aliphatic rings. The number of amidine groups is 1. The first-order chi connectivity index (χ1) is 7.13. The van der Waals surface area contributed by atoms with E-state index in [0.29, 0.717) is 24.9 Å². The number of nitrogens with one attached hydrogen (secondary N) is 1. The zero-order chi connectivity index (χ0) is 11.3. The molecule has 0 spiro atoms. The molecule has 0 aromatic heterocycles. The van der Waals surface area contributed by atoms with Crippen molar-refractivity contribution in [1.82, 2.24) is 5.32 Å². The summed E-state index contributed by atoms with van der Waals surface area (Å²) in [5.41, 5.74) is 0. The molecule has 1 heterocycles. The van der Waals surface area contributed by atoms with Crippen LogP contribution in [-0.2, 0) is 9.53 Å². The highest BCUT2D eigenvalue weighted by atomic mass is 32.2. The van der Waals surface area contributed by atoms with Crippen molar-refractivity contribution in [3.63, 3.8) is 0 Å². The minimum absolute atomic E-state index is 0.206. The van der Waals surface area contributed by atoms with E-state index in [4.69, 9.17) is 0 Å². The van der Waals surface area contributed by atoms with Gasteiger partial charge in [0.15, 0.2) is 5.17 Å². The molecule has 5 heteroatoms. The highest BCUT2D eigenvalue weighted by Crippen LogP contribution is 2.18. The molecule has 0 amide bonds. The van der Waals surface area contributed by atoms with Gasteiger partial charge < -0.3 is 10.1 Å². The number of aliphatic imine (C=N–C) groups is 1. The smallest absolute Gasteiger partial charge is 0.307 e. The fourth-order valence-corrected chi connectivity index (χ4v) is 2.43. The summed E-state index contributed by atoms with van der Waals surface area (Å²) in [5, 5.41) is 4.30. The number of methoxy groups -OCH3 is 1. The van der Waals surface area contributed by atoms with Crippen molar-refractivity contribution in [2.24, 2.45) is 10.9 Å². The Kier molecular flexibility index (Phi) is 4.94. The Morgan fingerprint density at radius 2 is 2.47 bits per heavy atom. The number of esters is 1. The number of thioether (sulfide) groups is 1. The van der Waals surface area contributed by atoms with Crippen molar-refractivity contribution in [2.75, 3.05) is 19.4 Å². The molecule has 0 unspecified atom stereocenters. The Morgan fingerprint density at radius 1 is 1.73 bits per heavy atom. The van der Waals surface area contributed by atoms with Gasteiger partial charge in [0, 0.05) is 11.8 Å². The third-order valence-corrected chi connectivity index (χ3v) is 3.36. The predicted octanol–water partition coefficient (Wildman–Crippen LogP) is 1.27. The molecule has 4 nitrogen and oxygen atoms in total. The summed E-state index contributed by atoms with van der Waals surface area (Å²) in [6, 6.07) is 0.506. The summed E-state index contributed by atoms with van der Waals surface area (Å²) >= 11 is 1.72. The van der Waals surface area contributed by atoms with Crippen LogP contribution in [0.2, 0.25) is 0 Å². The summed E-state index contributed by atoms with van der Waals surface area (Å²) in [7, 11) is 1.40. The molecule has 1 saturated heterocycles. The largest absolute Gasteiger partial charge is 0.469 e. The molecule has 0 radical (unpaired) electrons. The van der Waals surface area contributed by atoms with Crippen LogP contribution >= 0.6 is 11.8 Å². The summed E-state index contributed by atoms with van der Waals surface area (Å²) in [6.07, 6.45) is 0.356. The minimum Gasteiger partial charge on any atom is -0.469 e. The van der Waals surface area contributed by atoms with Crippen molar-refractivity contribution in [1.29, 1.82) is 0 Å². The Hall–Kier alpha value is -0.710. The molecule has 0 aromatic carbocycles. The lowest BCUT2D eigenvalue weighted by Gasteiger charge is -2.12. The van der Waals surface area contributed by atoms with Gasteiger partial charge in [0.05, 0.1) is 20.1 Å². The average molecular weight is 230 g/mol. The maximum atomic E-state index is 10.8. The van der Waals surface area contributed by atoms with Gasteiger partial charge in [-0.2, -0.15) is 0 Å². The standard InChI is InChI=1S/C10H18N2O2S/c1-7(2)8-6-15-10(12-8)11-5-4-9(13)14-3/h7-8H,4-6H2,1-3H3,(H,11,12)/t8-/m1/s1. The van der Waals surface area contributed by atoms with E-state index in [1.807, 2.05) is 0 Å². The summed E-state index contributed by atoms with van der Waals surface area (Å²) in [5.74, 6) is 1.47. The highest BCUT2D eigenvalue weighted by Gasteiger charge is 2.22. The lowest BCUT2D eigenvalue weighted by molar-refractivity contribution is -0.140. The van der Waals surface area contributed by atoms with Gasteiger partial charge in [-0.15, -0.1) is 0 Å². The van der Waals surface area contributed by atoms with Gasteiger partial charge in [-0.1, -0.05) is 25.6 Å². The second-order valence-corrected chi connectivity index (χ2v) is 4.83. The van der Waals surface area contributed by atoms with Crippen LogP contribution < -0.4 is 5.32 Å². The fraction of sp³-hybridized carbons (Fsp3) is 0.800. The Bertz CT molecular complexity index is 254. The van der Waals surface area contributed by atoms with Crippen LogP contribution in [0.3, 0.4) is 0 Å². The van der Waals surface area contributed by atoms with Gasteiger partial charge >= 0.3 is 5.97 Å². The number of carbonyl (C=O) groups excluding carboxylic acids is 1. The van der Waals surface area contributed by atoms with Crippen molar-refractivity contribution in [3.8, 4) is 0 Å². The van der Waals surface area contributed by atoms with Crippen molar-refractivity contribution in [3.05, 3.63) is 0 Å². The molecular formula is C10H18N2O2S. The molecule has 1 rings (SSSR count). The molecule has 1 aliphatic heterocycles. The van der Waals surface area contributed by atoms with E-state index in [1.54, 1.807) is 11.8 Å². The van der Waals surface area contributed by atoms with Gasteiger partial charge in [0.25, 0.3) is 0 Å². The number of ether oxygens (including phenoxy) is 1. The number of nitrogens with zero attached hydrogens (tertiary/aromatic N) is 1. The van der Waals surface area contributed by atoms with E-state index in [-0.39, 0.29) is 5.97 Å². The van der Waals surface area contributed by atoms with Gasteiger partial charge in [0.2, 0.25) is 0 Å². The van der Waals surface area contributed by atoms with E-state index < -0.39 is 0 Å². The first-order valence-corrected chi connectivity index (χ1v) is 6.12. The first-order valence-electron chi connectivity index (χ1n) is 5.14. The van der Waals surface area contributed by atoms with Crippen LogP contribution in [-0.4, -0.2) is 36.6 Å². The maximum Gasteiger partial charge on any atom is 0.307 e. The molecule has 0 aromatic rings. The van der Waals surface area contributed by atoms with Crippen molar-refractivity contribution in [2.45, 2.75) is 26.3 Å². The molecule has 1 atom stereocenters. The van der Waals surface area contributed by atoms with E-state index in [0.717, 1.165) is 10.9 Å². The monoisotopic (exact) mass is 230 g/mol. The third-order valence-electron chi connectivity index (χ3n) is 2.31. The number of rotatable bonds is 4. The quantitative estimate of drug-likeness (QED) is 0.739. The summed E-state index contributed by atoms with van der Waals surface area (Å²) in [4.78, 5) is 15.2. The molecule has 86 valence electrons. The molecule has 1 N–H and O–H groups in total. The molecule has 0 saturated carbocycles. The number of hydrogen-bond donors (Lipinski definition) is 1. The SMILES string of the molecule is COC(=O)CCN=C1N[C@@H](C(C)C)CS1. The molecule has 1 fully saturated rings. The van der Waals surface area contributed by atoms with Crippen LogP contribution in [0.5, 0.6) is 0 Å². The molecule has 0 aliphatic carbocycles. The molecule has 15 heavy (non-hydrogen) atoms. The third kappa shape index (κ3) is 4.11. The number of carbonyl (C=O) groups is 1. The van der Waals surface area contributed by atoms with Gasteiger partial charge in [-0.25, -0.2) is 0 Å². The lowest BCUT2D eigenvalue weighted by atomic mass is 10.1. The zero-order valence-corrected chi connectivity index (χ0v) is 10.3. The fourth-order valence-electron chi connectivity index (χ4n) is 1.21. The van der Waals surface area contributed by atoms with E-state index >= 15 is 0 Å². The van der Waals surface area contributed by atoms with Crippen LogP contribution in [0, 0.1) is 5.92 Å². The van der Waals surface area contributed by atoms with E-state index in [1.165, 1.54) is 7.11 Å². The maximum absolute atomic E-state index is 10.8. The molecule has 0 bridgehead atoms. The highest BCUT2D eigenvalue weighted by molar-refractivity contribution is 8.14. The predicted molar refractivity (Wildman–Crippen MR) is 63.2 cm³/mol. The topological polar surface area (TPSA) is 50.7 Å². The van der Waals surface area contributed by atoms with E-state index in [2.05, 4.69) is 28.9 Å². The van der Waals surface area contributed by atoms with Crippen LogP contribution in [0.15, 0.2) is 4.99 Å². The first kappa shape index (κ1) is 12.4. The van der Waals surface area contributed by atoms with Crippen molar-refractivity contribution >= 4 is 22.9 Å². The number of hydrogen-bond acceptors (Lipinski definition) is 4.